The second kappa shape index (κ2) is 68.3. The molecule has 0 aliphatic carbocycles. The summed E-state index contributed by atoms with van der Waals surface area (Å²) in [4.78, 5) is 38.2. The van der Waals surface area contributed by atoms with Crippen molar-refractivity contribution < 1.29 is 28.6 Å². The van der Waals surface area contributed by atoms with E-state index in [1.54, 1.807) is 0 Å². The molecule has 0 aromatic carbocycles. The monoisotopic (exact) mass is 1120 g/mol. The standard InChI is InChI=1S/C74H132O6/c1-4-7-10-13-16-19-21-23-25-27-29-31-32-33-34-35-36-37-38-39-40-41-42-44-45-47-49-51-53-55-58-61-64-67-73(76)79-70-71(69-78-72(75)66-63-60-57-18-15-12-9-6-3)80-74(77)68-65-62-59-56-54-52-50-48-46-43-30-28-26-24-22-20-17-14-11-8-5-2/h7,10,16,19,23,25,28-31,33-34,71H,4-6,8-9,11-15,17-18,20-22,24,26-27,32,35-70H2,1-3H3/b10-7-,19-16-,25-23-,30-28-,31-29-,34-33-. The molecule has 80 heavy (non-hydrogen) atoms. The zero-order chi connectivity index (χ0) is 57.8. The maximum Gasteiger partial charge on any atom is 0.306 e. The molecule has 1 atom stereocenters. The Hall–Kier alpha value is -3.15. The minimum absolute atomic E-state index is 0.0707. The SMILES string of the molecule is CC/C=C\C/C=C\C/C=C\C/C=C\C/C=C\CCCCCCCCCCCCCCCCCCCC(=O)OCC(COC(=O)CCCCCCCCCC)OC(=O)CCCCCCCCCCC/C=C\CCCCCCCCCC. The van der Waals surface area contributed by atoms with Crippen LogP contribution >= 0.6 is 0 Å². The summed E-state index contributed by atoms with van der Waals surface area (Å²) in [5.74, 6) is -0.857. The Morgan fingerprint density at radius 2 is 0.487 bits per heavy atom. The van der Waals surface area contributed by atoms with Gasteiger partial charge < -0.3 is 14.2 Å². The molecule has 0 amide bonds. The fourth-order valence-electron chi connectivity index (χ4n) is 10.2. The van der Waals surface area contributed by atoms with Gasteiger partial charge in [0.2, 0.25) is 0 Å². The number of carbonyl (C=O) groups is 3. The molecule has 0 fully saturated rings. The van der Waals surface area contributed by atoms with Crippen molar-refractivity contribution in [2.75, 3.05) is 13.2 Å². The van der Waals surface area contributed by atoms with Crippen LogP contribution in [-0.2, 0) is 28.6 Å². The van der Waals surface area contributed by atoms with Gasteiger partial charge in [-0.25, -0.2) is 0 Å². The van der Waals surface area contributed by atoms with Gasteiger partial charge in [0.15, 0.2) is 6.10 Å². The van der Waals surface area contributed by atoms with Gasteiger partial charge in [-0.2, -0.15) is 0 Å². The molecule has 1 unspecified atom stereocenters. The summed E-state index contributed by atoms with van der Waals surface area (Å²) in [7, 11) is 0. The Bertz CT molecular complexity index is 1470. The molecule has 6 heteroatoms. The van der Waals surface area contributed by atoms with Crippen LogP contribution in [-0.4, -0.2) is 37.2 Å². The average Bonchev–Trinajstić information content (AvgIpc) is 3.46. The second-order valence-electron chi connectivity index (χ2n) is 23.4. The number of unbranched alkanes of at least 4 members (excludes halogenated alkanes) is 41. The third kappa shape index (κ3) is 65.7. The molecule has 0 N–H and O–H groups in total. The van der Waals surface area contributed by atoms with E-state index in [1.165, 1.54) is 231 Å². The van der Waals surface area contributed by atoms with E-state index in [2.05, 4.69) is 93.7 Å². The summed E-state index contributed by atoms with van der Waals surface area (Å²) >= 11 is 0. The Morgan fingerprint density at radius 1 is 0.263 bits per heavy atom. The molecule has 0 spiro atoms. The van der Waals surface area contributed by atoms with Crippen molar-refractivity contribution in [3.05, 3.63) is 72.9 Å². The van der Waals surface area contributed by atoms with Gasteiger partial charge in [-0.1, -0.05) is 325 Å². The molecule has 0 bridgehead atoms. The number of ether oxygens (including phenoxy) is 3. The van der Waals surface area contributed by atoms with E-state index in [0.717, 1.165) is 89.9 Å². The first-order valence-corrected chi connectivity index (χ1v) is 34.9. The summed E-state index contributed by atoms with van der Waals surface area (Å²) in [5, 5.41) is 0. The number of allylic oxidation sites excluding steroid dienone is 12. The molecule has 0 saturated heterocycles. The van der Waals surface area contributed by atoms with Gasteiger partial charge in [0.25, 0.3) is 0 Å². The average molecular weight is 1120 g/mol. The summed E-state index contributed by atoms with van der Waals surface area (Å²) in [5.41, 5.74) is 0. The first-order valence-electron chi connectivity index (χ1n) is 34.9. The highest BCUT2D eigenvalue weighted by molar-refractivity contribution is 5.71. The van der Waals surface area contributed by atoms with Crippen LogP contribution < -0.4 is 0 Å². The van der Waals surface area contributed by atoms with Crippen LogP contribution in [0.5, 0.6) is 0 Å². The molecule has 6 nitrogen and oxygen atoms in total. The first-order chi connectivity index (χ1) is 39.5. The van der Waals surface area contributed by atoms with Crippen LogP contribution in [0, 0.1) is 0 Å². The largest absolute Gasteiger partial charge is 0.462 e. The van der Waals surface area contributed by atoms with Crippen molar-refractivity contribution >= 4 is 17.9 Å². The van der Waals surface area contributed by atoms with Crippen LogP contribution in [0.4, 0.5) is 0 Å². The molecule has 0 saturated carbocycles. The molecule has 0 heterocycles. The number of esters is 3. The molecule has 0 aromatic rings. The lowest BCUT2D eigenvalue weighted by Crippen LogP contribution is -2.30. The molecule has 0 aliphatic rings. The Balaban J connectivity index is 4.05. The van der Waals surface area contributed by atoms with Gasteiger partial charge in [0.1, 0.15) is 13.2 Å². The molecule has 0 rings (SSSR count). The Labute approximate surface area is 497 Å². The van der Waals surface area contributed by atoms with E-state index in [-0.39, 0.29) is 31.1 Å². The third-order valence-electron chi connectivity index (χ3n) is 15.4. The van der Waals surface area contributed by atoms with E-state index in [4.69, 9.17) is 14.2 Å². The van der Waals surface area contributed by atoms with Crippen LogP contribution in [0.3, 0.4) is 0 Å². The molecule has 0 radical (unpaired) electrons. The summed E-state index contributed by atoms with van der Waals surface area (Å²) in [6.07, 6.45) is 89.5. The predicted octanol–water partition coefficient (Wildman–Crippen LogP) is 24.1. The molecule has 0 aliphatic heterocycles. The zero-order valence-corrected chi connectivity index (χ0v) is 53.3. The zero-order valence-electron chi connectivity index (χ0n) is 53.3. The predicted molar refractivity (Wildman–Crippen MR) is 348 cm³/mol. The second-order valence-corrected chi connectivity index (χ2v) is 23.4. The topological polar surface area (TPSA) is 78.9 Å². The number of hydrogen-bond donors (Lipinski definition) is 0. The first kappa shape index (κ1) is 76.9. The highest BCUT2D eigenvalue weighted by Gasteiger charge is 2.19. The van der Waals surface area contributed by atoms with Crippen LogP contribution in [0.1, 0.15) is 361 Å². The van der Waals surface area contributed by atoms with Gasteiger partial charge >= 0.3 is 17.9 Å². The Kier molecular flexibility index (Phi) is 65.7. The lowest BCUT2D eigenvalue weighted by molar-refractivity contribution is -0.167. The van der Waals surface area contributed by atoms with Gasteiger partial charge in [0.05, 0.1) is 0 Å². The molecular weight excluding hydrogens is 985 g/mol. The summed E-state index contributed by atoms with van der Waals surface area (Å²) in [6, 6.07) is 0. The van der Waals surface area contributed by atoms with Crippen LogP contribution in [0.25, 0.3) is 0 Å². The molecular formula is C74H132O6. The van der Waals surface area contributed by atoms with Crippen LogP contribution in [0.15, 0.2) is 72.9 Å². The van der Waals surface area contributed by atoms with Crippen molar-refractivity contribution in [2.45, 2.75) is 367 Å². The highest BCUT2D eigenvalue weighted by Crippen LogP contribution is 2.18. The molecule has 0 aromatic heterocycles. The normalized spacial score (nSPS) is 12.5. The van der Waals surface area contributed by atoms with Crippen molar-refractivity contribution in [1.82, 2.24) is 0 Å². The van der Waals surface area contributed by atoms with Crippen LogP contribution in [0.2, 0.25) is 0 Å². The van der Waals surface area contributed by atoms with E-state index in [0.29, 0.717) is 19.3 Å². The highest BCUT2D eigenvalue weighted by atomic mass is 16.6. The fourth-order valence-corrected chi connectivity index (χ4v) is 10.2. The smallest absolute Gasteiger partial charge is 0.306 e. The minimum atomic E-state index is -0.772. The van der Waals surface area contributed by atoms with Crippen molar-refractivity contribution in [1.29, 1.82) is 0 Å². The van der Waals surface area contributed by atoms with Gasteiger partial charge in [0, 0.05) is 19.3 Å². The van der Waals surface area contributed by atoms with E-state index in [1.807, 2.05) is 0 Å². The summed E-state index contributed by atoms with van der Waals surface area (Å²) in [6.45, 7) is 6.54. The maximum absolute atomic E-state index is 12.9. The van der Waals surface area contributed by atoms with E-state index in [9.17, 15) is 14.4 Å². The summed E-state index contributed by atoms with van der Waals surface area (Å²) < 4.78 is 16.9. The minimum Gasteiger partial charge on any atom is -0.462 e. The Morgan fingerprint density at radius 3 is 0.775 bits per heavy atom. The number of rotatable bonds is 64. The van der Waals surface area contributed by atoms with Gasteiger partial charge in [-0.05, 0) is 89.9 Å². The van der Waals surface area contributed by atoms with E-state index >= 15 is 0 Å². The number of carbonyl (C=O) groups excluding carboxylic acids is 3. The molecule has 464 valence electrons. The fraction of sp³-hybridized carbons (Fsp3) is 0.797. The lowest BCUT2D eigenvalue weighted by Gasteiger charge is -2.18. The van der Waals surface area contributed by atoms with Crippen molar-refractivity contribution in [3.63, 3.8) is 0 Å². The lowest BCUT2D eigenvalue weighted by atomic mass is 10.0. The van der Waals surface area contributed by atoms with Gasteiger partial charge in [-0.15, -0.1) is 0 Å². The van der Waals surface area contributed by atoms with Gasteiger partial charge in [-0.3, -0.25) is 14.4 Å². The van der Waals surface area contributed by atoms with Crippen molar-refractivity contribution in [2.24, 2.45) is 0 Å². The van der Waals surface area contributed by atoms with Crippen molar-refractivity contribution in [3.8, 4) is 0 Å². The number of hydrogen-bond acceptors (Lipinski definition) is 6. The quantitative estimate of drug-likeness (QED) is 0.0261. The van der Waals surface area contributed by atoms with E-state index < -0.39 is 6.10 Å². The third-order valence-corrected chi connectivity index (χ3v) is 15.4. The maximum atomic E-state index is 12.9.